The van der Waals surface area contributed by atoms with E-state index in [1.165, 1.54) is 11.3 Å². The van der Waals surface area contributed by atoms with Crippen LogP contribution in [0.3, 0.4) is 0 Å². The number of nitrogens with one attached hydrogen (secondary N) is 2. The first-order valence-electron chi connectivity index (χ1n) is 17.8. The fourth-order valence-electron chi connectivity index (χ4n) is 7.89. The fourth-order valence-corrected chi connectivity index (χ4v) is 7.89. The zero-order chi connectivity index (χ0) is 35.0. The summed E-state index contributed by atoms with van der Waals surface area (Å²) in [7, 11) is 5.67. The van der Waals surface area contributed by atoms with E-state index in [9.17, 15) is 14.4 Å². The molecule has 262 valence electrons. The van der Waals surface area contributed by atoms with Gasteiger partial charge in [-0.25, -0.2) is 0 Å². The van der Waals surface area contributed by atoms with Gasteiger partial charge in [0.2, 0.25) is 0 Å². The van der Waals surface area contributed by atoms with Crippen LogP contribution in [-0.2, 0) is 25.2 Å². The van der Waals surface area contributed by atoms with Crippen LogP contribution in [0.1, 0.15) is 91.9 Å². The molecular formula is C39H48N8O3. The average Bonchev–Trinajstić information content (AvgIpc) is 3.71. The summed E-state index contributed by atoms with van der Waals surface area (Å²) in [5, 5.41) is 10.7. The number of benzene rings is 2. The molecule has 2 aromatic carbocycles. The minimum absolute atomic E-state index is 0.00685. The van der Waals surface area contributed by atoms with Crippen LogP contribution < -0.4 is 10.6 Å². The first-order valence-corrected chi connectivity index (χ1v) is 17.8. The summed E-state index contributed by atoms with van der Waals surface area (Å²) in [6.07, 6.45) is 7.04. The molecule has 11 nitrogen and oxygen atoms in total. The van der Waals surface area contributed by atoms with Crippen molar-refractivity contribution >= 4 is 23.4 Å². The fraction of sp³-hybridized carbons (Fsp3) is 0.436. The molecule has 3 amide bonds. The van der Waals surface area contributed by atoms with Gasteiger partial charge >= 0.3 is 0 Å². The quantitative estimate of drug-likeness (QED) is 0.257. The minimum Gasteiger partial charge on any atom is -0.347 e. The van der Waals surface area contributed by atoms with Crippen LogP contribution in [-0.4, -0.2) is 87.5 Å². The molecule has 4 aromatic rings. The van der Waals surface area contributed by atoms with Crippen molar-refractivity contribution < 1.29 is 14.4 Å². The standard InChI is InChI=1S/C39H48N8O3/c1-27-33(25-41-47(27)32-16-20-44(4)21-17-32)36(48)42-31-12-8-28(9-13-31)24-40-37(49)34-14-15-35-39(18-5-19-39)45(22-23-46(34)35)26-29-6-10-30(11-7-29)38(50)43(2)3/h6-15,25,32H,5,16-24,26H2,1-4H3,(H,40,49)(H,42,48). The third kappa shape index (κ3) is 6.47. The summed E-state index contributed by atoms with van der Waals surface area (Å²) in [4.78, 5) is 45.4. The van der Waals surface area contributed by atoms with Crippen LogP contribution >= 0.6 is 0 Å². The summed E-state index contributed by atoms with van der Waals surface area (Å²) in [5.74, 6) is -0.250. The molecule has 4 heterocycles. The Morgan fingerprint density at radius 3 is 2.24 bits per heavy atom. The smallest absolute Gasteiger partial charge is 0.268 e. The highest BCUT2D eigenvalue weighted by molar-refractivity contribution is 6.04. The van der Waals surface area contributed by atoms with Crippen LogP contribution in [0.4, 0.5) is 5.69 Å². The Bertz CT molecular complexity index is 1860. The molecule has 1 saturated heterocycles. The number of carbonyl (C=O) groups excluding carboxylic acids is 3. The van der Waals surface area contributed by atoms with Crippen molar-refractivity contribution in [1.29, 1.82) is 0 Å². The number of rotatable bonds is 9. The van der Waals surface area contributed by atoms with Gasteiger partial charge in [0.15, 0.2) is 0 Å². The van der Waals surface area contributed by atoms with Crippen LogP contribution in [0.15, 0.2) is 66.9 Å². The molecule has 7 rings (SSSR count). The van der Waals surface area contributed by atoms with Gasteiger partial charge in [0.1, 0.15) is 5.69 Å². The van der Waals surface area contributed by atoms with Gasteiger partial charge in [-0.05, 0) is 107 Å². The summed E-state index contributed by atoms with van der Waals surface area (Å²) in [6, 6.07) is 20.0. The van der Waals surface area contributed by atoms with E-state index in [4.69, 9.17) is 0 Å². The Labute approximate surface area is 294 Å². The summed E-state index contributed by atoms with van der Waals surface area (Å²) in [5.41, 5.74) is 6.85. The van der Waals surface area contributed by atoms with Crippen LogP contribution in [0, 0.1) is 6.92 Å². The second-order valence-corrected chi connectivity index (χ2v) is 14.4. The molecule has 3 aliphatic rings. The maximum atomic E-state index is 13.5. The van der Waals surface area contributed by atoms with Crippen molar-refractivity contribution in [2.24, 2.45) is 0 Å². The first-order chi connectivity index (χ1) is 24.1. The van der Waals surface area contributed by atoms with Gasteiger partial charge in [0, 0.05) is 62.9 Å². The number of carbonyl (C=O) groups is 3. The number of hydrogen-bond donors (Lipinski definition) is 2. The topological polar surface area (TPSA) is 108 Å². The van der Waals surface area contributed by atoms with Gasteiger partial charge in [-0.1, -0.05) is 24.3 Å². The highest BCUT2D eigenvalue weighted by atomic mass is 16.2. The highest BCUT2D eigenvalue weighted by Gasteiger charge is 2.48. The molecule has 0 unspecified atom stereocenters. The van der Waals surface area contributed by atoms with Gasteiger partial charge in [0.25, 0.3) is 17.7 Å². The zero-order valence-electron chi connectivity index (χ0n) is 29.6. The molecule has 2 aromatic heterocycles. The van der Waals surface area contributed by atoms with Gasteiger partial charge in [-0.15, -0.1) is 0 Å². The lowest BCUT2D eigenvalue weighted by Gasteiger charge is -2.53. The number of fused-ring (bicyclic) bond motifs is 2. The van der Waals surface area contributed by atoms with E-state index < -0.39 is 0 Å². The molecule has 0 radical (unpaired) electrons. The third-order valence-electron chi connectivity index (χ3n) is 11.0. The monoisotopic (exact) mass is 676 g/mol. The Morgan fingerprint density at radius 2 is 1.58 bits per heavy atom. The van der Waals surface area contributed by atoms with Crippen LogP contribution in [0.5, 0.6) is 0 Å². The first kappa shape index (κ1) is 33.7. The molecule has 11 heteroatoms. The number of piperidine rings is 1. The van der Waals surface area contributed by atoms with Crippen LogP contribution in [0.2, 0.25) is 0 Å². The molecular weight excluding hydrogens is 628 g/mol. The molecule has 1 saturated carbocycles. The predicted octanol–water partition coefficient (Wildman–Crippen LogP) is 5.04. The SMILES string of the molecule is Cc1c(C(=O)Nc2ccc(CNC(=O)c3ccc4n3CCN(Cc3ccc(C(=O)N(C)C)cc3)C43CCC3)cc2)cnn1C1CCN(C)CC1. The van der Waals surface area contributed by atoms with Gasteiger partial charge in [-0.2, -0.15) is 5.10 Å². The maximum absolute atomic E-state index is 13.5. The van der Waals surface area contributed by atoms with E-state index >= 15 is 0 Å². The lowest BCUT2D eigenvalue weighted by molar-refractivity contribution is -0.0217. The molecule has 2 aliphatic heterocycles. The lowest BCUT2D eigenvalue weighted by atomic mass is 9.71. The second-order valence-electron chi connectivity index (χ2n) is 14.4. The normalized spacial score (nSPS) is 17.6. The molecule has 1 aliphatic carbocycles. The van der Waals surface area contributed by atoms with E-state index in [0.29, 0.717) is 35.1 Å². The lowest BCUT2D eigenvalue weighted by Crippen LogP contribution is -2.56. The Hall–Kier alpha value is -4.74. The minimum atomic E-state index is -0.169. The molecule has 50 heavy (non-hydrogen) atoms. The van der Waals surface area contributed by atoms with Crippen molar-refractivity contribution in [3.63, 3.8) is 0 Å². The largest absolute Gasteiger partial charge is 0.347 e. The van der Waals surface area contributed by atoms with Crippen LogP contribution in [0.25, 0.3) is 0 Å². The predicted molar refractivity (Wildman–Crippen MR) is 193 cm³/mol. The summed E-state index contributed by atoms with van der Waals surface area (Å²) in [6.45, 7) is 6.83. The number of anilines is 1. The van der Waals surface area contributed by atoms with Gasteiger partial charge in [0.05, 0.1) is 23.3 Å². The van der Waals surface area contributed by atoms with Crippen molar-refractivity contribution in [3.8, 4) is 0 Å². The number of nitrogens with zero attached hydrogens (tertiary/aromatic N) is 6. The molecule has 1 spiro atoms. The molecule has 0 bridgehead atoms. The molecule has 2 fully saturated rings. The van der Waals surface area contributed by atoms with E-state index in [-0.39, 0.29) is 23.3 Å². The highest BCUT2D eigenvalue weighted by Crippen LogP contribution is 2.49. The third-order valence-corrected chi connectivity index (χ3v) is 11.0. The van der Waals surface area contributed by atoms with Crippen molar-refractivity contribution in [2.45, 2.75) is 70.2 Å². The van der Waals surface area contributed by atoms with Crippen molar-refractivity contribution in [2.75, 3.05) is 46.1 Å². The van der Waals surface area contributed by atoms with Crippen molar-refractivity contribution in [3.05, 3.63) is 106 Å². The second kappa shape index (κ2) is 13.9. The number of amides is 3. The van der Waals surface area contributed by atoms with E-state index in [1.54, 1.807) is 25.2 Å². The zero-order valence-corrected chi connectivity index (χ0v) is 29.6. The number of aromatic nitrogens is 3. The van der Waals surface area contributed by atoms with Crippen molar-refractivity contribution in [1.82, 2.24) is 34.4 Å². The maximum Gasteiger partial charge on any atom is 0.268 e. The number of likely N-dealkylation sites (tertiary alicyclic amines) is 1. The molecule has 0 atom stereocenters. The van der Waals surface area contributed by atoms with Gasteiger partial charge < -0.3 is 25.0 Å². The Morgan fingerprint density at radius 1 is 0.880 bits per heavy atom. The summed E-state index contributed by atoms with van der Waals surface area (Å²) < 4.78 is 4.22. The Kier molecular flexibility index (Phi) is 9.36. The Balaban J connectivity index is 0.950. The van der Waals surface area contributed by atoms with E-state index in [0.717, 1.165) is 76.1 Å². The molecule has 2 N–H and O–H groups in total. The number of hydrogen-bond acceptors (Lipinski definition) is 6. The van der Waals surface area contributed by atoms with E-state index in [1.807, 2.05) is 54.1 Å². The average molecular weight is 677 g/mol. The summed E-state index contributed by atoms with van der Waals surface area (Å²) >= 11 is 0. The van der Waals surface area contributed by atoms with Gasteiger partial charge in [-0.3, -0.25) is 24.0 Å². The van der Waals surface area contributed by atoms with E-state index in [2.05, 4.69) is 55.3 Å².